The second-order valence-electron chi connectivity index (χ2n) is 8.46. The van der Waals surface area contributed by atoms with E-state index >= 15 is 0 Å². The van der Waals surface area contributed by atoms with Crippen LogP contribution >= 0.6 is 0 Å². The van der Waals surface area contributed by atoms with Gasteiger partial charge in [-0.15, -0.1) is 4.83 Å². The number of sulfonamides is 1. The van der Waals surface area contributed by atoms with Crippen LogP contribution in [-0.4, -0.2) is 20.2 Å². The highest BCUT2D eigenvalue weighted by Gasteiger charge is 2.54. The molecular formula is C19H25N3O4S. The molecule has 0 aromatic heterocycles. The van der Waals surface area contributed by atoms with Gasteiger partial charge >= 0.3 is 0 Å². The van der Waals surface area contributed by atoms with E-state index in [1.54, 1.807) is 0 Å². The molecule has 5 rings (SSSR count). The highest BCUT2D eigenvalue weighted by Crippen LogP contribution is 2.60. The Kier molecular flexibility index (Phi) is 4.50. The van der Waals surface area contributed by atoms with Crippen molar-refractivity contribution in [3.8, 4) is 0 Å². The van der Waals surface area contributed by atoms with E-state index in [-0.39, 0.29) is 16.7 Å². The molecule has 1 aromatic rings. The first-order chi connectivity index (χ1) is 12.8. The number of hydrogen-bond acceptors (Lipinski definition) is 4. The third kappa shape index (κ3) is 3.60. The van der Waals surface area contributed by atoms with Crippen LogP contribution in [0.1, 0.15) is 45.4 Å². The number of amides is 2. The summed E-state index contributed by atoms with van der Waals surface area (Å²) in [6.07, 6.45) is 6.28. The number of hydrazine groups is 1. The molecule has 3 N–H and O–H groups in total. The van der Waals surface area contributed by atoms with Crippen LogP contribution in [0.4, 0.5) is 5.69 Å². The molecule has 1 aromatic carbocycles. The minimum atomic E-state index is -3.87. The van der Waals surface area contributed by atoms with E-state index in [1.165, 1.54) is 50.5 Å². The summed E-state index contributed by atoms with van der Waals surface area (Å²) in [5.74, 6) is 1.41. The lowest BCUT2D eigenvalue weighted by Gasteiger charge is -2.55. The van der Waals surface area contributed by atoms with Crippen LogP contribution in [-0.2, 0) is 19.6 Å². The van der Waals surface area contributed by atoms with E-state index in [0.29, 0.717) is 23.4 Å². The molecule has 4 saturated carbocycles. The number of benzene rings is 1. The first-order valence-electron chi connectivity index (χ1n) is 9.46. The summed E-state index contributed by atoms with van der Waals surface area (Å²) in [5, 5.41) is 2.58. The van der Waals surface area contributed by atoms with E-state index in [4.69, 9.17) is 0 Å². The molecule has 4 aliphatic rings. The normalized spacial score (nSPS) is 31.5. The van der Waals surface area contributed by atoms with Crippen molar-refractivity contribution < 1.29 is 18.0 Å². The van der Waals surface area contributed by atoms with Crippen LogP contribution in [0.25, 0.3) is 0 Å². The molecule has 0 atom stereocenters. The standard InChI is InChI=1S/C19H25N3O4S/c1-12(23)20-16-2-4-17(5-3-16)27(25,26)22-21-18(24)19-9-13-6-14(10-19)8-15(7-13)11-19/h2-5,13-15,22H,6-11H2,1H3,(H,20,23)(H,21,24). The van der Waals surface area contributed by atoms with Gasteiger partial charge in [0.25, 0.3) is 10.0 Å². The summed E-state index contributed by atoms with van der Waals surface area (Å²) in [6, 6.07) is 5.81. The molecule has 7 nitrogen and oxygen atoms in total. The van der Waals surface area contributed by atoms with Gasteiger partial charge in [-0.2, -0.15) is 0 Å². The molecular weight excluding hydrogens is 366 g/mol. The zero-order valence-corrected chi connectivity index (χ0v) is 16.1. The van der Waals surface area contributed by atoms with Crippen molar-refractivity contribution in [1.82, 2.24) is 10.3 Å². The number of anilines is 1. The number of hydrogen-bond donors (Lipinski definition) is 3. The third-order valence-electron chi connectivity index (χ3n) is 6.30. The highest BCUT2D eigenvalue weighted by molar-refractivity contribution is 7.89. The molecule has 8 heteroatoms. The lowest BCUT2D eigenvalue weighted by Crippen LogP contribution is -2.56. The van der Waals surface area contributed by atoms with Gasteiger partial charge in [-0.25, -0.2) is 8.42 Å². The largest absolute Gasteiger partial charge is 0.326 e. The smallest absolute Gasteiger partial charge is 0.257 e. The maximum Gasteiger partial charge on any atom is 0.257 e. The first kappa shape index (κ1) is 18.4. The van der Waals surface area contributed by atoms with E-state index in [9.17, 15) is 18.0 Å². The quantitative estimate of drug-likeness (QED) is 0.669. The van der Waals surface area contributed by atoms with Crippen molar-refractivity contribution in [3.63, 3.8) is 0 Å². The minimum absolute atomic E-state index is 0.0300. The fourth-order valence-electron chi connectivity index (χ4n) is 5.61. The fourth-order valence-corrected chi connectivity index (χ4v) is 6.45. The van der Waals surface area contributed by atoms with Crippen molar-refractivity contribution in [3.05, 3.63) is 24.3 Å². The molecule has 4 bridgehead atoms. The van der Waals surface area contributed by atoms with Gasteiger partial charge in [0, 0.05) is 12.6 Å². The van der Waals surface area contributed by atoms with Crippen LogP contribution in [0.3, 0.4) is 0 Å². The Hall–Kier alpha value is -1.93. The Bertz CT molecular complexity index is 828. The predicted octanol–water partition coefficient (Wildman–Crippen LogP) is 2.17. The average molecular weight is 391 g/mol. The maximum absolute atomic E-state index is 12.9. The molecule has 4 fully saturated rings. The minimum Gasteiger partial charge on any atom is -0.326 e. The topological polar surface area (TPSA) is 104 Å². The summed E-state index contributed by atoms with van der Waals surface area (Å²) in [6.45, 7) is 1.38. The molecule has 27 heavy (non-hydrogen) atoms. The van der Waals surface area contributed by atoms with Gasteiger partial charge in [0.05, 0.1) is 10.3 Å². The summed E-state index contributed by atoms with van der Waals surface area (Å²) in [4.78, 5) is 26.2. The van der Waals surface area contributed by atoms with Crippen molar-refractivity contribution in [2.75, 3.05) is 5.32 Å². The van der Waals surface area contributed by atoms with Gasteiger partial charge in [0.2, 0.25) is 11.8 Å². The molecule has 146 valence electrons. The Morgan fingerprint density at radius 2 is 1.48 bits per heavy atom. The van der Waals surface area contributed by atoms with Crippen LogP contribution in [0.2, 0.25) is 0 Å². The lowest BCUT2D eigenvalue weighted by atomic mass is 9.49. The highest BCUT2D eigenvalue weighted by atomic mass is 32.2. The predicted molar refractivity (Wildman–Crippen MR) is 99.8 cm³/mol. The third-order valence-corrected chi connectivity index (χ3v) is 7.57. The van der Waals surface area contributed by atoms with Crippen molar-refractivity contribution in [1.29, 1.82) is 0 Å². The van der Waals surface area contributed by atoms with Crippen molar-refractivity contribution in [2.24, 2.45) is 23.2 Å². The number of carbonyl (C=O) groups is 2. The van der Waals surface area contributed by atoms with Crippen LogP contribution in [0.15, 0.2) is 29.2 Å². The SMILES string of the molecule is CC(=O)Nc1ccc(S(=O)(=O)NNC(=O)C23CC4CC(CC(C4)C2)C3)cc1. The second kappa shape index (κ2) is 6.60. The molecule has 0 spiro atoms. The zero-order valence-electron chi connectivity index (χ0n) is 15.3. The van der Waals surface area contributed by atoms with Gasteiger partial charge in [-0.1, -0.05) is 0 Å². The Balaban J connectivity index is 1.42. The van der Waals surface area contributed by atoms with Crippen LogP contribution in [0, 0.1) is 23.2 Å². The fraction of sp³-hybridized carbons (Fsp3) is 0.579. The number of nitrogens with one attached hydrogen (secondary N) is 3. The maximum atomic E-state index is 12.9. The van der Waals surface area contributed by atoms with Crippen molar-refractivity contribution >= 4 is 27.5 Å². The Morgan fingerprint density at radius 3 is 1.96 bits per heavy atom. The van der Waals surface area contributed by atoms with E-state index in [1.807, 2.05) is 0 Å². The molecule has 0 aliphatic heterocycles. The molecule has 0 heterocycles. The Labute approximate surface area is 159 Å². The van der Waals surface area contributed by atoms with Crippen LogP contribution < -0.4 is 15.6 Å². The van der Waals surface area contributed by atoms with Gasteiger partial charge < -0.3 is 5.32 Å². The summed E-state index contributed by atoms with van der Waals surface area (Å²) in [7, 11) is -3.87. The van der Waals surface area contributed by atoms with Crippen LogP contribution in [0.5, 0.6) is 0 Å². The van der Waals surface area contributed by atoms with E-state index < -0.39 is 15.4 Å². The van der Waals surface area contributed by atoms with Crippen molar-refractivity contribution in [2.45, 2.75) is 50.3 Å². The Morgan fingerprint density at radius 1 is 0.963 bits per heavy atom. The molecule has 0 radical (unpaired) electrons. The van der Waals surface area contributed by atoms with Gasteiger partial charge in [0.15, 0.2) is 0 Å². The van der Waals surface area contributed by atoms with Gasteiger partial charge in [0.1, 0.15) is 0 Å². The zero-order chi connectivity index (χ0) is 19.2. The summed E-state index contributed by atoms with van der Waals surface area (Å²) in [5.41, 5.74) is 2.58. The lowest BCUT2D eigenvalue weighted by molar-refractivity contribution is -0.146. The monoisotopic (exact) mass is 391 g/mol. The summed E-state index contributed by atoms with van der Waals surface area (Å²) < 4.78 is 25.0. The van der Waals surface area contributed by atoms with E-state index in [0.717, 1.165) is 19.3 Å². The first-order valence-corrected chi connectivity index (χ1v) is 10.9. The molecule has 0 unspecified atom stereocenters. The summed E-state index contributed by atoms with van der Waals surface area (Å²) >= 11 is 0. The number of rotatable bonds is 5. The average Bonchev–Trinajstić information content (AvgIpc) is 2.58. The van der Waals surface area contributed by atoms with E-state index in [2.05, 4.69) is 15.6 Å². The van der Waals surface area contributed by atoms with Gasteiger partial charge in [-0.05, 0) is 80.5 Å². The number of carbonyl (C=O) groups excluding carboxylic acids is 2. The molecule has 2 amide bonds. The van der Waals surface area contributed by atoms with Gasteiger partial charge in [-0.3, -0.25) is 15.0 Å². The second-order valence-corrected chi connectivity index (χ2v) is 10.1. The molecule has 4 aliphatic carbocycles. The molecule has 0 saturated heterocycles.